The topological polar surface area (TPSA) is 29.9 Å². The van der Waals surface area contributed by atoms with Gasteiger partial charge in [-0.15, -0.1) is 0 Å². The molecule has 0 bridgehead atoms. The highest BCUT2D eigenvalue weighted by Gasteiger charge is 2.15. The summed E-state index contributed by atoms with van der Waals surface area (Å²) in [5.74, 6) is -0.248. The van der Waals surface area contributed by atoms with Crippen LogP contribution >= 0.6 is 11.6 Å². The quantitative estimate of drug-likeness (QED) is 0.841. The number of aromatic nitrogens is 2. The molecule has 5 heteroatoms. The molecule has 0 aliphatic carbocycles. The predicted molar refractivity (Wildman–Crippen MR) is 84.0 cm³/mol. The first kappa shape index (κ1) is 16.0. The van der Waals surface area contributed by atoms with Crippen molar-refractivity contribution < 1.29 is 4.39 Å². The van der Waals surface area contributed by atoms with Crippen molar-refractivity contribution in [3.63, 3.8) is 0 Å². The zero-order valence-corrected chi connectivity index (χ0v) is 13.2. The lowest BCUT2D eigenvalue weighted by Crippen LogP contribution is -2.23. The van der Waals surface area contributed by atoms with E-state index in [4.69, 9.17) is 11.6 Å². The van der Waals surface area contributed by atoms with Crippen LogP contribution < -0.4 is 5.32 Å². The first-order valence-corrected chi connectivity index (χ1v) is 7.63. The summed E-state index contributed by atoms with van der Waals surface area (Å²) < 4.78 is 15.9. The molecule has 0 fully saturated rings. The molecule has 0 spiro atoms. The van der Waals surface area contributed by atoms with E-state index in [1.165, 1.54) is 6.07 Å². The monoisotopic (exact) mass is 309 g/mol. The van der Waals surface area contributed by atoms with Crippen LogP contribution in [-0.2, 0) is 13.5 Å². The Morgan fingerprint density at radius 2 is 2.24 bits per heavy atom. The second-order valence-electron chi connectivity index (χ2n) is 5.23. The summed E-state index contributed by atoms with van der Waals surface area (Å²) in [6.07, 6.45) is 6.55. The second kappa shape index (κ2) is 7.57. The van der Waals surface area contributed by atoms with Crippen molar-refractivity contribution in [2.24, 2.45) is 7.05 Å². The number of halogens is 2. The van der Waals surface area contributed by atoms with Crippen molar-refractivity contribution in [1.29, 1.82) is 0 Å². The fourth-order valence-electron chi connectivity index (χ4n) is 2.38. The Kier molecular flexibility index (Phi) is 5.76. The molecule has 2 rings (SSSR count). The van der Waals surface area contributed by atoms with Crippen LogP contribution in [0.1, 0.15) is 36.9 Å². The smallest absolute Gasteiger partial charge is 0.129 e. The first-order chi connectivity index (χ1) is 10.1. The molecular formula is C16H21ClFN3. The zero-order valence-electron chi connectivity index (χ0n) is 12.4. The van der Waals surface area contributed by atoms with Crippen LogP contribution in [0.15, 0.2) is 30.6 Å². The minimum atomic E-state index is -0.248. The minimum absolute atomic E-state index is 0.0116. The maximum absolute atomic E-state index is 14.1. The van der Waals surface area contributed by atoms with Gasteiger partial charge in [-0.05, 0) is 43.5 Å². The van der Waals surface area contributed by atoms with Crippen molar-refractivity contribution in [3.8, 4) is 0 Å². The molecule has 0 aliphatic heterocycles. The molecule has 3 nitrogen and oxygen atoms in total. The van der Waals surface area contributed by atoms with E-state index >= 15 is 0 Å². The van der Waals surface area contributed by atoms with E-state index in [9.17, 15) is 4.39 Å². The van der Waals surface area contributed by atoms with E-state index in [2.05, 4.69) is 17.3 Å². The van der Waals surface area contributed by atoms with E-state index in [1.54, 1.807) is 16.8 Å². The largest absolute Gasteiger partial charge is 0.310 e. The SMILES string of the molecule is CCCNC(CCc1cnn(C)c1)c1ccc(Cl)cc1F. The Bertz CT molecular complexity index is 583. The lowest BCUT2D eigenvalue weighted by atomic mass is 9.99. The second-order valence-corrected chi connectivity index (χ2v) is 5.67. The fourth-order valence-corrected chi connectivity index (χ4v) is 2.54. The average molecular weight is 310 g/mol. The molecule has 1 heterocycles. The molecule has 1 aromatic heterocycles. The molecule has 2 aromatic rings. The average Bonchev–Trinajstić information content (AvgIpc) is 2.86. The number of hydrogen-bond donors (Lipinski definition) is 1. The Balaban J connectivity index is 2.09. The van der Waals surface area contributed by atoms with Gasteiger partial charge in [0, 0.05) is 29.9 Å². The number of rotatable bonds is 7. The van der Waals surface area contributed by atoms with Crippen LogP contribution in [0.5, 0.6) is 0 Å². The first-order valence-electron chi connectivity index (χ1n) is 7.26. The summed E-state index contributed by atoms with van der Waals surface area (Å²) in [5.41, 5.74) is 1.84. The summed E-state index contributed by atoms with van der Waals surface area (Å²) in [6, 6.07) is 4.88. The van der Waals surface area contributed by atoms with Gasteiger partial charge in [-0.2, -0.15) is 5.10 Å². The summed E-state index contributed by atoms with van der Waals surface area (Å²) in [7, 11) is 1.90. The Hall–Kier alpha value is -1.39. The number of benzene rings is 1. The number of nitrogens with one attached hydrogen (secondary N) is 1. The van der Waals surface area contributed by atoms with E-state index in [0.717, 1.165) is 31.4 Å². The highest BCUT2D eigenvalue weighted by molar-refractivity contribution is 6.30. The van der Waals surface area contributed by atoms with Gasteiger partial charge in [-0.3, -0.25) is 4.68 Å². The van der Waals surface area contributed by atoms with E-state index < -0.39 is 0 Å². The summed E-state index contributed by atoms with van der Waals surface area (Å²) >= 11 is 5.83. The molecule has 1 unspecified atom stereocenters. The van der Waals surface area contributed by atoms with Crippen molar-refractivity contribution >= 4 is 11.6 Å². The molecular weight excluding hydrogens is 289 g/mol. The van der Waals surface area contributed by atoms with Crippen molar-refractivity contribution in [1.82, 2.24) is 15.1 Å². The predicted octanol–water partition coefficient (Wildman–Crippen LogP) is 3.89. The third kappa shape index (κ3) is 4.55. The van der Waals surface area contributed by atoms with Crippen molar-refractivity contribution in [3.05, 3.63) is 52.6 Å². The van der Waals surface area contributed by atoms with Crippen molar-refractivity contribution in [2.75, 3.05) is 6.54 Å². The number of aryl methyl sites for hydroxylation is 2. The summed E-state index contributed by atoms with van der Waals surface area (Å²) in [4.78, 5) is 0. The van der Waals surface area contributed by atoms with E-state index in [1.807, 2.05) is 19.4 Å². The van der Waals surface area contributed by atoms with Crippen molar-refractivity contribution in [2.45, 2.75) is 32.2 Å². The Morgan fingerprint density at radius 3 is 2.86 bits per heavy atom. The van der Waals surface area contributed by atoms with Crippen LogP contribution in [0.2, 0.25) is 5.02 Å². The molecule has 114 valence electrons. The maximum atomic E-state index is 14.1. The fraction of sp³-hybridized carbons (Fsp3) is 0.438. The molecule has 21 heavy (non-hydrogen) atoms. The van der Waals surface area contributed by atoms with Gasteiger partial charge in [0.1, 0.15) is 5.82 Å². The van der Waals surface area contributed by atoms with Crippen LogP contribution in [0.3, 0.4) is 0 Å². The normalized spacial score (nSPS) is 12.6. The third-order valence-electron chi connectivity index (χ3n) is 3.46. The lowest BCUT2D eigenvalue weighted by molar-refractivity contribution is 0.473. The molecule has 0 amide bonds. The van der Waals surface area contributed by atoms with Gasteiger partial charge in [0.05, 0.1) is 6.20 Å². The van der Waals surface area contributed by atoms with Gasteiger partial charge >= 0.3 is 0 Å². The zero-order chi connectivity index (χ0) is 15.2. The summed E-state index contributed by atoms with van der Waals surface area (Å²) in [6.45, 7) is 2.96. The lowest BCUT2D eigenvalue weighted by Gasteiger charge is -2.19. The van der Waals surface area contributed by atoms with Crippen LogP contribution in [0.4, 0.5) is 4.39 Å². The third-order valence-corrected chi connectivity index (χ3v) is 3.69. The highest BCUT2D eigenvalue weighted by atomic mass is 35.5. The van der Waals surface area contributed by atoms with Gasteiger partial charge < -0.3 is 5.32 Å². The minimum Gasteiger partial charge on any atom is -0.310 e. The van der Waals surface area contributed by atoms with Gasteiger partial charge in [-0.1, -0.05) is 24.6 Å². The van der Waals surface area contributed by atoms with Gasteiger partial charge in [0.2, 0.25) is 0 Å². The molecule has 0 saturated carbocycles. The standard InChI is InChI=1S/C16H21ClFN3/c1-3-8-19-16(7-4-12-10-20-21(2)11-12)14-6-5-13(17)9-15(14)18/h5-6,9-11,16,19H,3-4,7-8H2,1-2H3. The molecule has 0 radical (unpaired) electrons. The van der Waals surface area contributed by atoms with E-state index in [0.29, 0.717) is 10.6 Å². The molecule has 1 aromatic carbocycles. The molecule has 1 atom stereocenters. The van der Waals surface area contributed by atoms with Crippen LogP contribution in [0, 0.1) is 5.82 Å². The Labute approximate surface area is 130 Å². The maximum Gasteiger partial charge on any atom is 0.129 e. The summed E-state index contributed by atoms with van der Waals surface area (Å²) in [5, 5.41) is 8.00. The highest BCUT2D eigenvalue weighted by Crippen LogP contribution is 2.24. The Morgan fingerprint density at radius 1 is 1.43 bits per heavy atom. The van der Waals surface area contributed by atoms with Gasteiger partial charge in [0.25, 0.3) is 0 Å². The molecule has 1 N–H and O–H groups in total. The van der Waals surface area contributed by atoms with E-state index in [-0.39, 0.29) is 11.9 Å². The molecule has 0 aliphatic rings. The van der Waals surface area contributed by atoms with Gasteiger partial charge in [-0.25, -0.2) is 4.39 Å². The molecule has 0 saturated heterocycles. The van der Waals surface area contributed by atoms with Gasteiger partial charge in [0.15, 0.2) is 0 Å². The number of nitrogens with zero attached hydrogens (tertiary/aromatic N) is 2. The van der Waals surface area contributed by atoms with Crippen LogP contribution in [0.25, 0.3) is 0 Å². The number of hydrogen-bond acceptors (Lipinski definition) is 2. The van der Waals surface area contributed by atoms with Crippen LogP contribution in [-0.4, -0.2) is 16.3 Å².